The van der Waals surface area contributed by atoms with Crippen molar-refractivity contribution >= 4 is 33.2 Å². The normalized spacial score (nSPS) is 13.6. The molecule has 2 aromatic carbocycles. The van der Waals surface area contributed by atoms with Gasteiger partial charge in [0, 0.05) is 17.9 Å². The zero-order valence-electron chi connectivity index (χ0n) is 18.6. The monoisotopic (exact) mass is 471 g/mol. The first-order valence-corrected chi connectivity index (χ1v) is 12.1. The van der Waals surface area contributed by atoms with Gasteiger partial charge >= 0.3 is 0 Å². The molecule has 0 radical (unpaired) electrons. The molecule has 0 spiro atoms. The van der Waals surface area contributed by atoms with Crippen LogP contribution in [-0.4, -0.2) is 30.7 Å². The lowest BCUT2D eigenvalue weighted by Crippen LogP contribution is -2.26. The van der Waals surface area contributed by atoms with Crippen LogP contribution in [0.3, 0.4) is 0 Å². The van der Waals surface area contributed by atoms with Crippen LogP contribution in [0.4, 0.5) is 27.5 Å². The Morgan fingerprint density at radius 2 is 1.73 bits per heavy atom. The molecule has 1 fully saturated rings. The second-order valence-electron chi connectivity index (χ2n) is 8.05. The summed E-state index contributed by atoms with van der Waals surface area (Å²) in [6.45, 7) is 4.10. The Kier molecular flexibility index (Phi) is 6.48. The number of methoxy groups -OCH3 is 1. The van der Waals surface area contributed by atoms with Crippen LogP contribution < -0.4 is 20.1 Å². The first-order chi connectivity index (χ1) is 15.7. The summed E-state index contributed by atoms with van der Waals surface area (Å²) in [5.74, 6) is 0.487. The molecule has 0 amide bonds. The van der Waals surface area contributed by atoms with Crippen molar-refractivity contribution in [2.24, 2.45) is 0 Å². The molecule has 0 unspecified atom stereocenters. The van der Waals surface area contributed by atoms with Crippen LogP contribution in [0, 0.1) is 19.7 Å². The van der Waals surface area contributed by atoms with Gasteiger partial charge in [0.25, 0.3) is 0 Å². The number of nitrogens with zero attached hydrogens (tertiary/aromatic N) is 2. The van der Waals surface area contributed by atoms with Gasteiger partial charge in [0.1, 0.15) is 5.75 Å². The second kappa shape index (κ2) is 9.32. The molecule has 4 rings (SSSR count). The molecule has 0 bridgehead atoms. The minimum Gasteiger partial charge on any atom is -0.496 e. The molecule has 0 saturated heterocycles. The van der Waals surface area contributed by atoms with Gasteiger partial charge in [-0.2, -0.15) is 4.98 Å². The fraction of sp³-hybridized carbons (Fsp3) is 0.304. The third-order valence-corrected chi connectivity index (χ3v) is 7.22. The first kappa shape index (κ1) is 22.9. The molecule has 0 atom stereocenters. The lowest BCUT2D eigenvalue weighted by atomic mass is 10.1. The van der Waals surface area contributed by atoms with E-state index in [1.165, 1.54) is 0 Å². The van der Waals surface area contributed by atoms with E-state index in [0.29, 0.717) is 5.69 Å². The smallest absolute Gasteiger partial charge is 0.229 e. The van der Waals surface area contributed by atoms with E-state index in [2.05, 4.69) is 25.3 Å². The van der Waals surface area contributed by atoms with Crippen molar-refractivity contribution in [3.8, 4) is 5.75 Å². The number of halogens is 1. The van der Waals surface area contributed by atoms with E-state index in [9.17, 15) is 12.8 Å². The Morgan fingerprint density at radius 1 is 1.06 bits per heavy atom. The topological polar surface area (TPSA) is 105 Å². The van der Waals surface area contributed by atoms with Crippen molar-refractivity contribution in [1.29, 1.82) is 0 Å². The fourth-order valence-corrected chi connectivity index (χ4v) is 4.87. The number of benzene rings is 2. The van der Waals surface area contributed by atoms with E-state index >= 15 is 0 Å². The van der Waals surface area contributed by atoms with Crippen LogP contribution in [0.5, 0.6) is 5.75 Å². The number of aryl methyl sites for hydroxylation is 2. The molecule has 1 aliphatic rings. The van der Waals surface area contributed by atoms with Crippen molar-refractivity contribution in [2.45, 2.75) is 38.5 Å². The molecule has 1 saturated carbocycles. The Bertz CT molecular complexity index is 1240. The van der Waals surface area contributed by atoms with Crippen molar-refractivity contribution in [3.63, 3.8) is 0 Å². The highest BCUT2D eigenvalue weighted by Gasteiger charge is 2.35. The maximum absolute atomic E-state index is 14.3. The average Bonchev–Trinajstić information content (AvgIpc) is 3.62. The van der Waals surface area contributed by atoms with Crippen LogP contribution >= 0.6 is 0 Å². The highest BCUT2D eigenvalue weighted by atomic mass is 32.2. The van der Waals surface area contributed by atoms with E-state index in [0.717, 1.165) is 47.2 Å². The predicted molar refractivity (Wildman–Crippen MR) is 126 cm³/mol. The van der Waals surface area contributed by atoms with Crippen molar-refractivity contribution in [2.75, 3.05) is 17.7 Å². The van der Waals surface area contributed by atoms with Crippen LogP contribution in [0.15, 0.2) is 42.6 Å². The highest BCUT2D eigenvalue weighted by molar-refractivity contribution is 7.90. The van der Waals surface area contributed by atoms with E-state index < -0.39 is 15.8 Å². The van der Waals surface area contributed by atoms with E-state index in [-0.39, 0.29) is 23.6 Å². The number of sulfonamides is 1. The number of hydrogen-bond donors (Lipinski definition) is 3. The molecular formula is C23H26FN5O3S. The van der Waals surface area contributed by atoms with Gasteiger partial charge < -0.3 is 15.4 Å². The number of hydrogen-bond acceptors (Lipinski definition) is 7. The molecule has 33 heavy (non-hydrogen) atoms. The number of anilines is 4. The summed E-state index contributed by atoms with van der Waals surface area (Å²) in [5.41, 5.74) is 4.10. The zero-order valence-corrected chi connectivity index (χ0v) is 19.5. The maximum Gasteiger partial charge on any atom is 0.229 e. The number of rotatable bonds is 9. The summed E-state index contributed by atoms with van der Waals surface area (Å²) in [7, 11) is -1.61. The molecule has 8 nitrogen and oxygen atoms in total. The van der Waals surface area contributed by atoms with Crippen LogP contribution in [0.2, 0.25) is 0 Å². The van der Waals surface area contributed by atoms with Gasteiger partial charge in [-0.1, -0.05) is 12.1 Å². The van der Waals surface area contributed by atoms with E-state index in [4.69, 9.17) is 4.74 Å². The number of aromatic nitrogens is 2. The van der Waals surface area contributed by atoms with Gasteiger partial charge in [0.2, 0.25) is 16.0 Å². The Balaban J connectivity index is 1.44. The summed E-state index contributed by atoms with van der Waals surface area (Å²) >= 11 is 0. The Hall–Kier alpha value is -3.24. The Morgan fingerprint density at radius 3 is 2.33 bits per heavy atom. The molecule has 10 heteroatoms. The molecule has 3 N–H and O–H groups in total. The first-order valence-electron chi connectivity index (χ1n) is 10.5. The van der Waals surface area contributed by atoms with E-state index in [1.54, 1.807) is 31.4 Å². The Labute approximate surface area is 192 Å². The molecule has 0 aliphatic heterocycles. The molecular weight excluding hydrogens is 445 g/mol. The summed E-state index contributed by atoms with van der Waals surface area (Å²) in [6, 6.07) is 10.8. The molecule has 1 aliphatic carbocycles. The lowest BCUT2D eigenvalue weighted by molar-refractivity contribution is 0.408. The zero-order chi connectivity index (χ0) is 23.6. The van der Waals surface area contributed by atoms with Crippen LogP contribution in [0.25, 0.3) is 0 Å². The van der Waals surface area contributed by atoms with Gasteiger partial charge in [0.15, 0.2) is 11.6 Å². The average molecular weight is 472 g/mol. The fourth-order valence-electron chi connectivity index (χ4n) is 3.51. The third-order valence-electron chi connectivity index (χ3n) is 5.32. The van der Waals surface area contributed by atoms with Crippen molar-refractivity contribution in [3.05, 3.63) is 65.1 Å². The largest absolute Gasteiger partial charge is 0.496 e. The predicted octanol–water partition coefficient (Wildman–Crippen LogP) is 4.31. The van der Waals surface area contributed by atoms with E-state index in [1.807, 2.05) is 26.0 Å². The van der Waals surface area contributed by atoms with Gasteiger partial charge in [0.05, 0.1) is 18.6 Å². The van der Waals surface area contributed by atoms with Crippen LogP contribution in [0.1, 0.15) is 29.5 Å². The third kappa shape index (κ3) is 5.58. The van der Waals surface area contributed by atoms with Crippen molar-refractivity contribution < 1.29 is 17.5 Å². The summed E-state index contributed by atoms with van der Waals surface area (Å²) < 4.78 is 46.2. The van der Waals surface area contributed by atoms with Gasteiger partial charge in [-0.3, -0.25) is 0 Å². The maximum atomic E-state index is 14.3. The van der Waals surface area contributed by atoms with Gasteiger partial charge in [-0.25, -0.2) is 22.5 Å². The molecule has 1 heterocycles. The standard InChI is InChI=1S/C23H26FN5O3S/c1-14-10-18(11-15(2)21(14)32-3)28-23-25-13-20(24)22(29-23)27-17-6-4-16(5-7-17)12-26-33(30,31)19-8-9-19/h4-7,10-11,13,19,26H,8-9,12H2,1-3H3,(H2,25,27,28,29). The second-order valence-corrected chi connectivity index (χ2v) is 10.1. The van der Waals surface area contributed by atoms with Crippen LogP contribution in [-0.2, 0) is 16.6 Å². The van der Waals surface area contributed by atoms with Gasteiger partial charge in [-0.05, 0) is 67.6 Å². The minimum atomic E-state index is -3.24. The quantitative estimate of drug-likeness (QED) is 0.427. The summed E-state index contributed by atoms with van der Waals surface area (Å²) in [6.07, 6.45) is 2.54. The van der Waals surface area contributed by atoms with Gasteiger partial charge in [-0.15, -0.1) is 0 Å². The molecule has 1 aromatic heterocycles. The molecule has 174 valence electrons. The molecule has 3 aromatic rings. The minimum absolute atomic E-state index is 0.0247. The lowest BCUT2D eigenvalue weighted by Gasteiger charge is -2.13. The SMILES string of the molecule is COc1c(C)cc(Nc2ncc(F)c(Nc3ccc(CNS(=O)(=O)C4CC4)cc3)n2)cc1C. The summed E-state index contributed by atoms with van der Waals surface area (Å²) in [4.78, 5) is 8.28. The number of nitrogens with one attached hydrogen (secondary N) is 3. The highest BCUT2D eigenvalue weighted by Crippen LogP contribution is 2.29. The van der Waals surface area contributed by atoms with Crippen molar-refractivity contribution in [1.82, 2.24) is 14.7 Å². The number of ether oxygens (including phenoxy) is 1. The summed E-state index contributed by atoms with van der Waals surface area (Å²) in [5, 5.41) is 5.78.